The number of aromatic nitrogens is 1. The molecule has 0 aliphatic rings. The summed E-state index contributed by atoms with van der Waals surface area (Å²) in [4.78, 5) is 15.2. The fourth-order valence-electron chi connectivity index (χ4n) is 3.78. The molecule has 0 spiro atoms. The van der Waals surface area contributed by atoms with Crippen LogP contribution in [-0.2, 0) is 0 Å². The molecule has 0 saturated carbocycles. The number of hydrogen-bond acceptors (Lipinski definition) is 2. The molecule has 0 bridgehead atoms. The molecule has 32 heavy (non-hydrogen) atoms. The van der Waals surface area contributed by atoms with E-state index in [1.165, 1.54) is 11.1 Å². The molecule has 5 rings (SSSR count). The predicted octanol–water partition coefficient (Wildman–Crippen LogP) is 7.85. The first-order chi connectivity index (χ1) is 15.7. The maximum Gasteiger partial charge on any atom is 0.330 e. The second-order valence-electron chi connectivity index (χ2n) is 7.67. The summed E-state index contributed by atoms with van der Waals surface area (Å²) in [5.74, 6) is 0. The van der Waals surface area contributed by atoms with E-state index in [4.69, 9.17) is 0 Å². The number of hydrogen-bond donors (Lipinski definition) is 1. The zero-order valence-electron chi connectivity index (χ0n) is 17.7. The van der Waals surface area contributed by atoms with Gasteiger partial charge in [0, 0.05) is 27.1 Å². The number of aryl methyl sites for hydroxylation is 1. The second-order valence-corrected chi connectivity index (χ2v) is 8.79. The highest BCUT2D eigenvalue weighted by atomic mass is 32.2. The van der Waals surface area contributed by atoms with Crippen LogP contribution in [0.15, 0.2) is 119 Å². The first-order valence-corrected chi connectivity index (χ1v) is 11.3. The van der Waals surface area contributed by atoms with Crippen LogP contribution in [0.25, 0.3) is 22.0 Å². The van der Waals surface area contributed by atoms with Gasteiger partial charge in [-0.15, -0.1) is 0 Å². The summed E-state index contributed by atoms with van der Waals surface area (Å²) in [6, 6.07) is 34.6. The lowest BCUT2D eigenvalue weighted by molar-refractivity contribution is 0.254. The molecule has 1 N–H and O–H groups in total. The Morgan fingerprint density at radius 1 is 0.781 bits per heavy atom. The zero-order valence-corrected chi connectivity index (χ0v) is 18.5. The molecule has 3 nitrogen and oxygen atoms in total. The number of carbonyl (C=O) groups is 1. The summed E-state index contributed by atoms with van der Waals surface area (Å²) in [5, 5.41) is 4.07. The Morgan fingerprint density at radius 2 is 1.50 bits per heavy atom. The second kappa shape index (κ2) is 8.77. The molecule has 0 radical (unpaired) electrons. The molecule has 0 aliphatic carbocycles. The zero-order chi connectivity index (χ0) is 21.9. The molecular formula is C28H22N2OS. The molecule has 1 heterocycles. The lowest BCUT2D eigenvalue weighted by Crippen LogP contribution is -2.18. The minimum Gasteiger partial charge on any atom is -0.307 e. The van der Waals surface area contributed by atoms with Gasteiger partial charge in [-0.3, -0.25) is 4.57 Å². The van der Waals surface area contributed by atoms with E-state index in [0.717, 1.165) is 31.9 Å². The van der Waals surface area contributed by atoms with E-state index in [-0.39, 0.29) is 6.03 Å². The third-order valence-electron chi connectivity index (χ3n) is 5.35. The molecular weight excluding hydrogens is 412 g/mol. The van der Waals surface area contributed by atoms with Gasteiger partial charge in [0.25, 0.3) is 0 Å². The summed E-state index contributed by atoms with van der Waals surface area (Å²) < 4.78 is 1.69. The lowest BCUT2D eigenvalue weighted by atomic mass is 10.1. The number of anilines is 1. The maximum atomic E-state index is 13.0. The van der Waals surface area contributed by atoms with E-state index in [2.05, 4.69) is 59.9 Å². The van der Waals surface area contributed by atoms with Crippen molar-refractivity contribution in [3.63, 3.8) is 0 Å². The van der Waals surface area contributed by atoms with Gasteiger partial charge in [-0.2, -0.15) is 0 Å². The minimum atomic E-state index is -0.168. The molecule has 1 amide bonds. The van der Waals surface area contributed by atoms with Crippen LogP contribution in [0.2, 0.25) is 0 Å². The number of para-hydroxylation sites is 1. The van der Waals surface area contributed by atoms with E-state index in [9.17, 15) is 4.79 Å². The molecule has 4 aromatic carbocycles. The van der Waals surface area contributed by atoms with E-state index < -0.39 is 0 Å². The molecule has 0 fully saturated rings. The number of nitrogens with zero attached hydrogens (tertiary/aromatic N) is 1. The van der Waals surface area contributed by atoms with Crippen LogP contribution in [0.3, 0.4) is 0 Å². The SMILES string of the molecule is Cc1cccc(NC(=O)n2cc(Sc3ccc(-c4ccccc4)cc3)c3ccccc32)c1. The molecule has 156 valence electrons. The fourth-order valence-corrected chi connectivity index (χ4v) is 4.74. The molecule has 0 aliphatic heterocycles. The van der Waals surface area contributed by atoms with Crippen molar-refractivity contribution >= 4 is 34.4 Å². The van der Waals surface area contributed by atoms with Crippen LogP contribution < -0.4 is 5.32 Å². The standard InChI is InChI=1S/C28H22N2OS/c1-20-8-7-11-23(18-20)29-28(31)30-19-27(25-12-5-6-13-26(25)30)32-24-16-14-22(15-17-24)21-9-3-2-4-10-21/h2-19H,1H3,(H,29,31). The lowest BCUT2D eigenvalue weighted by Gasteiger charge is -2.07. The molecule has 4 heteroatoms. The summed E-state index contributed by atoms with van der Waals surface area (Å²) in [5.41, 5.74) is 5.18. The Bertz CT molecular complexity index is 1390. The fraction of sp³-hybridized carbons (Fsp3) is 0.0357. The third kappa shape index (κ3) is 4.18. The summed E-state index contributed by atoms with van der Waals surface area (Å²) >= 11 is 1.67. The average molecular weight is 435 g/mol. The number of benzene rings is 4. The molecule has 0 atom stereocenters. The Hall–Kier alpha value is -3.76. The predicted molar refractivity (Wildman–Crippen MR) is 134 cm³/mol. The normalized spacial score (nSPS) is 10.9. The van der Waals surface area contributed by atoms with Crippen LogP contribution in [-0.4, -0.2) is 10.6 Å². The molecule has 0 saturated heterocycles. The number of nitrogens with one attached hydrogen (secondary N) is 1. The van der Waals surface area contributed by atoms with Crippen molar-refractivity contribution in [3.05, 3.63) is 115 Å². The van der Waals surface area contributed by atoms with Crippen molar-refractivity contribution in [1.29, 1.82) is 0 Å². The highest BCUT2D eigenvalue weighted by Gasteiger charge is 2.15. The summed E-state index contributed by atoms with van der Waals surface area (Å²) in [7, 11) is 0. The highest BCUT2D eigenvalue weighted by Crippen LogP contribution is 2.36. The van der Waals surface area contributed by atoms with Crippen LogP contribution in [0.1, 0.15) is 5.56 Å². The van der Waals surface area contributed by atoms with Crippen molar-refractivity contribution in [2.75, 3.05) is 5.32 Å². The van der Waals surface area contributed by atoms with E-state index in [0.29, 0.717) is 0 Å². The van der Waals surface area contributed by atoms with Gasteiger partial charge in [0.05, 0.1) is 5.52 Å². The number of rotatable bonds is 4. The first-order valence-electron chi connectivity index (χ1n) is 10.5. The van der Waals surface area contributed by atoms with Crippen molar-refractivity contribution < 1.29 is 4.79 Å². The maximum absolute atomic E-state index is 13.0. The summed E-state index contributed by atoms with van der Waals surface area (Å²) in [6.07, 6.45) is 1.92. The van der Waals surface area contributed by atoms with E-state index >= 15 is 0 Å². The van der Waals surface area contributed by atoms with Crippen LogP contribution >= 0.6 is 11.8 Å². The van der Waals surface area contributed by atoms with Gasteiger partial charge >= 0.3 is 6.03 Å². The monoisotopic (exact) mass is 434 g/mol. The largest absolute Gasteiger partial charge is 0.330 e. The average Bonchev–Trinajstić information content (AvgIpc) is 3.19. The molecule has 1 aromatic heterocycles. The van der Waals surface area contributed by atoms with Gasteiger partial charge in [-0.25, -0.2) is 4.79 Å². The Labute approximate surface area is 191 Å². The number of amides is 1. The minimum absolute atomic E-state index is 0.168. The van der Waals surface area contributed by atoms with Gasteiger partial charge in [0.15, 0.2) is 0 Å². The van der Waals surface area contributed by atoms with Gasteiger partial charge in [-0.1, -0.05) is 84.6 Å². The van der Waals surface area contributed by atoms with E-state index in [1.807, 2.05) is 61.7 Å². The van der Waals surface area contributed by atoms with Crippen LogP contribution in [0, 0.1) is 6.92 Å². The van der Waals surface area contributed by atoms with Gasteiger partial charge in [-0.05, 0) is 53.9 Å². The Morgan fingerprint density at radius 3 is 2.28 bits per heavy atom. The van der Waals surface area contributed by atoms with Crippen molar-refractivity contribution in [3.8, 4) is 11.1 Å². The van der Waals surface area contributed by atoms with Gasteiger partial charge in [0.1, 0.15) is 0 Å². The quantitative estimate of drug-likeness (QED) is 0.312. The summed E-state index contributed by atoms with van der Waals surface area (Å²) in [6.45, 7) is 2.01. The van der Waals surface area contributed by atoms with Crippen LogP contribution in [0.4, 0.5) is 10.5 Å². The van der Waals surface area contributed by atoms with Gasteiger partial charge < -0.3 is 5.32 Å². The first kappa shape index (κ1) is 20.2. The van der Waals surface area contributed by atoms with Crippen molar-refractivity contribution in [2.24, 2.45) is 0 Å². The third-order valence-corrected chi connectivity index (χ3v) is 6.41. The highest BCUT2D eigenvalue weighted by molar-refractivity contribution is 7.99. The van der Waals surface area contributed by atoms with Crippen molar-refractivity contribution in [1.82, 2.24) is 4.57 Å². The van der Waals surface area contributed by atoms with Gasteiger partial charge in [0.2, 0.25) is 0 Å². The van der Waals surface area contributed by atoms with Crippen LogP contribution in [0.5, 0.6) is 0 Å². The number of carbonyl (C=O) groups excluding carboxylic acids is 1. The number of fused-ring (bicyclic) bond motifs is 1. The smallest absolute Gasteiger partial charge is 0.307 e. The molecule has 0 unspecified atom stereocenters. The Kier molecular flexibility index (Phi) is 5.53. The topological polar surface area (TPSA) is 34.0 Å². The van der Waals surface area contributed by atoms with Crippen molar-refractivity contribution in [2.45, 2.75) is 16.7 Å². The Balaban J connectivity index is 1.43. The van der Waals surface area contributed by atoms with E-state index in [1.54, 1.807) is 16.3 Å². The molecule has 5 aromatic rings.